The van der Waals surface area contributed by atoms with Gasteiger partial charge in [0.1, 0.15) is 0 Å². The monoisotopic (exact) mass is 255 g/mol. The van der Waals surface area contributed by atoms with Gasteiger partial charge in [-0.3, -0.25) is 4.79 Å². The van der Waals surface area contributed by atoms with Crippen LogP contribution in [0.25, 0.3) is 10.9 Å². The number of aryl methyl sites for hydroxylation is 2. The van der Waals surface area contributed by atoms with E-state index in [4.69, 9.17) is 0 Å². The Morgan fingerprint density at radius 2 is 2.00 bits per heavy atom. The molecule has 0 radical (unpaired) electrons. The molecule has 0 aliphatic heterocycles. The van der Waals surface area contributed by atoms with Gasteiger partial charge in [-0.25, -0.2) is 0 Å². The first-order valence-corrected chi connectivity index (χ1v) is 6.76. The summed E-state index contributed by atoms with van der Waals surface area (Å²) in [6.45, 7) is 4.01. The van der Waals surface area contributed by atoms with Gasteiger partial charge in [0.05, 0.1) is 0 Å². The zero-order valence-electron chi connectivity index (χ0n) is 10.3. The van der Waals surface area contributed by atoms with Gasteiger partial charge in [-0.1, -0.05) is 11.6 Å². The van der Waals surface area contributed by atoms with E-state index < -0.39 is 0 Å². The third kappa shape index (κ3) is 1.68. The lowest BCUT2D eigenvalue weighted by atomic mass is 10.0. The molecule has 0 saturated carbocycles. The van der Waals surface area contributed by atoms with E-state index in [-0.39, 0.29) is 5.78 Å². The standard InChI is InChI=1S/C15H13NOS/c1-9-3-4-14-11(5-9)12(6-16-14)15(17)13-8-18-7-10(13)2/h3-8,16H,1-2H3. The molecule has 3 aromatic rings. The minimum atomic E-state index is 0.102. The predicted octanol–water partition coefficient (Wildman–Crippen LogP) is 4.08. The van der Waals surface area contributed by atoms with Gasteiger partial charge in [0.25, 0.3) is 0 Å². The number of hydrogen-bond acceptors (Lipinski definition) is 2. The smallest absolute Gasteiger partial charge is 0.196 e. The van der Waals surface area contributed by atoms with Crippen LogP contribution in [0.15, 0.2) is 35.2 Å². The molecule has 0 atom stereocenters. The van der Waals surface area contributed by atoms with Crippen molar-refractivity contribution in [2.75, 3.05) is 0 Å². The second kappa shape index (κ2) is 4.10. The Hall–Kier alpha value is -1.87. The molecule has 18 heavy (non-hydrogen) atoms. The van der Waals surface area contributed by atoms with Crippen molar-refractivity contribution < 1.29 is 4.79 Å². The summed E-state index contributed by atoms with van der Waals surface area (Å²) < 4.78 is 0. The molecule has 1 N–H and O–H groups in total. The van der Waals surface area contributed by atoms with Gasteiger partial charge in [-0.2, -0.15) is 11.3 Å². The fourth-order valence-electron chi connectivity index (χ4n) is 2.16. The molecular weight excluding hydrogens is 242 g/mol. The Morgan fingerprint density at radius 1 is 1.17 bits per heavy atom. The van der Waals surface area contributed by atoms with Crippen molar-refractivity contribution in [2.45, 2.75) is 13.8 Å². The first-order chi connectivity index (χ1) is 8.66. The summed E-state index contributed by atoms with van der Waals surface area (Å²) in [6, 6.07) is 6.12. The van der Waals surface area contributed by atoms with E-state index in [1.54, 1.807) is 11.3 Å². The number of aromatic amines is 1. The van der Waals surface area contributed by atoms with Crippen LogP contribution in [-0.4, -0.2) is 10.8 Å². The van der Waals surface area contributed by atoms with E-state index >= 15 is 0 Å². The number of carbonyl (C=O) groups is 1. The predicted molar refractivity (Wildman–Crippen MR) is 75.5 cm³/mol. The normalized spacial score (nSPS) is 11.0. The molecule has 0 fully saturated rings. The van der Waals surface area contributed by atoms with Crippen LogP contribution < -0.4 is 0 Å². The number of aromatic nitrogens is 1. The van der Waals surface area contributed by atoms with E-state index in [1.165, 1.54) is 0 Å². The zero-order valence-corrected chi connectivity index (χ0v) is 11.1. The third-order valence-corrected chi connectivity index (χ3v) is 4.04. The van der Waals surface area contributed by atoms with E-state index in [0.29, 0.717) is 0 Å². The second-order valence-electron chi connectivity index (χ2n) is 4.55. The van der Waals surface area contributed by atoms with Gasteiger partial charge in [0, 0.05) is 33.6 Å². The van der Waals surface area contributed by atoms with Crippen LogP contribution in [0.2, 0.25) is 0 Å². The number of H-pyrrole nitrogens is 1. The topological polar surface area (TPSA) is 32.9 Å². The van der Waals surface area contributed by atoms with Crippen molar-refractivity contribution in [1.29, 1.82) is 0 Å². The van der Waals surface area contributed by atoms with Crippen LogP contribution in [0.4, 0.5) is 0 Å². The van der Waals surface area contributed by atoms with Crippen LogP contribution in [0.5, 0.6) is 0 Å². The fourth-order valence-corrected chi connectivity index (χ4v) is 2.99. The van der Waals surface area contributed by atoms with E-state index in [0.717, 1.165) is 33.2 Å². The molecule has 0 bridgehead atoms. The Balaban J connectivity index is 2.18. The Kier molecular flexibility index (Phi) is 2.56. The third-order valence-electron chi connectivity index (χ3n) is 3.18. The summed E-state index contributed by atoms with van der Waals surface area (Å²) in [6.07, 6.45) is 1.81. The van der Waals surface area contributed by atoms with Crippen molar-refractivity contribution >= 4 is 28.0 Å². The molecule has 2 aromatic heterocycles. The average molecular weight is 255 g/mol. The van der Waals surface area contributed by atoms with Crippen molar-refractivity contribution in [3.8, 4) is 0 Å². The lowest BCUT2D eigenvalue weighted by Crippen LogP contribution is -2.00. The number of fused-ring (bicyclic) bond motifs is 1. The molecule has 3 rings (SSSR count). The second-order valence-corrected chi connectivity index (χ2v) is 5.29. The number of rotatable bonds is 2. The zero-order chi connectivity index (χ0) is 12.7. The Morgan fingerprint density at radius 3 is 2.72 bits per heavy atom. The van der Waals surface area contributed by atoms with Crippen LogP contribution in [-0.2, 0) is 0 Å². The Labute approximate surface area is 109 Å². The maximum Gasteiger partial charge on any atom is 0.196 e. The highest BCUT2D eigenvalue weighted by Crippen LogP contribution is 2.24. The molecule has 0 amide bonds. The molecule has 1 aromatic carbocycles. The lowest BCUT2D eigenvalue weighted by Gasteiger charge is -1.99. The molecule has 0 aliphatic rings. The minimum Gasteiger partial charge on any atom is -0.360 e. The van der Waals surface area contributed by atoms with Crippen molar-refractivity contribution in [1.82, 2.24) is 4.98 Å². The highest BCUT2D eigenvalue weighted by molar-refractivity contribution is 7.08. The SMILES string of the molecule is Cc1ccc2[nH]cc(C(=O)c3cscc3C)c2c1. The summed E-state index contributed by atoms with van der Waals surface area (Å²) in [7, 11) is 0. The number of benzene rings is 1. The largest absolute Gasteiger partial charge is 0.360 e. The highest BCUT2D eigenvalue weighted by atomic mass is 32.1. The highest BCUT2D eigenvalue weighted by Gasteiger charge is 2.16. The van der Waals surface area contributed by atoms with E-state index in [1.807, 2.05) is 42.9 Å². The molecule has 90 valence electrons. The molecule has 2 nitrogen and oxygen atoms in total. The Bertz CT molecular complexity index is 736. The molecule has 0 spiro atoms. The van der Waals surface area contributed by atoms with Crippen LogP contribution in [0, 0.1) is 13.8 Å². The fraction of sp³-hybridized carbons (Fsp3) is 0.133. The minimum absolute atomic E-state index is 0.102. The van der Waals surface area contributed by atoms with Gasteiger partial charge in [0.15, 0.2) is 5.78 Å². The van der Waals surface area contributed by atoms with Crippen molar-refractivity contribution in [3.05, 3.63) is 57.4 Å². The number of thiophene rings is 1. The summed E-state index contributed by atoms with van der Waals surface area (Å²) in [5.74, 6) is 0.102. The maximum absolute atomic E-state index is 12.5. The van der Waals surface area contributed by atoms with Crippen LogP contribution in [0.1, 0.15) is 27.0 Å². The number of ketones is 1. The van der Waals surface area contributed by atoms with Crippen LogP contribution in [0.3, 0.4) is 0 Å². The summed E-state index contributed by atoms with van der Waals surface area (Å²) in [5, 5.41) is 4.94. The van der Waals surface area contributed by atoms with Gasteiger partial charge < -0.3 is 4.98 Å². The molecule has 2 heterocycles. The van der Waals surface area contributed by atoms with Gasteiger partial charge in [-0.15, -0.1) is 0 Å². The molecule has 0 aliphatic carbocycles. The summed E-state index contributed by atoms with van der Waals surface area (Å²) >= 11 is 1.57. The molecule has 0 saturated heterocycles. The molecule has 0 unspecified atom stereocenters. The van der Waals surface area contributed by atoms with Gasteiger partial charge >= 0.3 is 0 Å². The quantitative estimate of drug-likeness (QED) is 0.688. The number of nitrogens with one attached hydrogen (secondary N) is 1. The van der Waals surface area contributed by atoms with Crippen LogP contribution >= 0.6 is 11.3 Å². The maximum atomic E-state index is 12.5. The average Bonchev–Trinajstić information content (AvgIpc) is 2.94. The first kappa shape index (κ1) is 11.2. The number of hydrogen-bond donors (Lipinski definition) is 1. The molecular formula is C15H13NOS. The van der Waals surface area contributed by atoms with Crippen molar-refractivity contribution in [2.24, 2.45) is 0 Å². The summed E-state index contributed by atoms with van der Waals surface area (Å²) in [5.41, 5.74) is 4.79. The summed E-state index contributed by atoms with van der Waals surface area (Å²) in [4.78, 5) is 15.7. The van der Waals surface area contributed by atoms with E-state index in [2.05, 4.69) is 11.1 Å². The number of carbonyl (C=O) groups excluding carboxylic acids is 1. The first-order valence-electron chi connectivity index (χ1n) is 5.82. The van der Waals surface area contributed by atoms with Crippen molar-refractivity contribution in [3.63, 3.8) is 0 Å². The lowest BCUT2D eigenvalue weighted by molar-refractivity contribution is 0.104. The molecule has 3 heteroatoms. The van der Waals surface area contributed by atoms with Gasteiger partial charge in [-0.05, 0) is 36.9 Å². The van der Waals surface area contributed by atoms with E-state index in [9.17, 15) is 4.79 Å². The van der Waals surface area contributed by atoms with Gasteiger partial charge in [0.2, 0.25) is 0 Å².